The van der Waals surface area contributed by atoms with E-state index in [4.69, 9.17) is 33.2 Å². The Balaban J connectivity index is 1.44. The Kier molecular flexibility index (Phi) is 5.56. The topological polar surface area (TPSA) is 49.8 Å². The van der Waals surface area contributed by atoms with E-state index in [1.165, 1.54) is 11.1 Å². The third-order valence-corrected chi connectivity index (χ3v) is 7.60. The SMILES string of the molecule is CCN[C@@H]1Cc2ccccc2C1Nc1nc(C2CC2)c(-c2ccc(Cl)cc2Cl)nc1C1CC1. The van der Waals surface area contributed by atoms with Crippen LogP contribution in [0.1, 0.15) is 73.0 Å². The molecule has 0 amide bonds. The lowest BCUT2D eigenvalue weighted by molar-refractivity contribution is 0.496. The van der Waals surface area contributed by atoms with Gasteiger partial charge in [0.1, 0.15) is 5.82 Å². The van der Waals surface area contributed by atoms with E-state index in [1.807, 2.05) is 12.1 Å². The summed E-state index contributed by atoms with van der Waals surface area (Å²) in [6, 6.07) is 15.0. The van der Waals surface area contributed by atoms with Crippen molar-refractivity contribution in [3.8, 4) is 11.3 Å². The highest BCUT2D eigenvalue weighted by molar-refractivity contribution is 6.36. The van der Waals surface area contributed by atoms with Gasteiger partial charge in [0.05, 0.1) is 28.1 Å². The normalized spacial score (nSPS) is 21.8. The van der Waals surface area contributed by atoms with Crippen LogP contribution in [0.15, 0.2) is 42.5 Å². The highest BCUT2D eigenvalue weighted by atomic mass is 35.5. The Morgan fingerprint density at radius 2 is 1.70 bits per heavy atom. The van der Waals surface area contributed by atoms with E-state index in [-0.39, 0.29) is 6.04 Å². The van der Waals surface area contributed by atoms with Gasteiger partial charge in [-0.25, -0.2) is 9.97 Å². The third kappa shape index (κ3) is 4.14. The van der Waals surface area contributed by atoms with Crippen LogP contribution < -0.4 is 10.6 Å². The van der Waals surface area contributed by atoms with Crippen LogP contribution in [-0.4, -0.2) is 22.6 Å². The maximum Gasteiger partial charge on any atom is 0.148 e. The largest absolute Gasteiger partial charge is 0.360 e. The third-order valence-electron chi connectivity index (χ3n) is 7.05. The number of rotatable bonds is 7. The van der Waals surface area contributed by atoms with Gasteiger partial charge in [0.2, 0.25) is 0 Å². The number of anilines is 1. The Labute approximate surface area is 205 Å². The van der Waals surface area contributed by atoms with Crippen LogP contribution in [-0.2, 0) is 6.42 Å². The fourth-order valence-electron chi connectivity index (χ4n) is 5.10. The zero-order chi connectivity index (χ0) is 22.5. The van der Waals surface area contributed by atoms with Crippen LogP contribution in [0, 0.1) is 0 Å². The lowest BCUT2D eigenvalue weighted by atomic mass is 10.0. The summed E-state index contributed by atoms with van der Waals surface area (Å²) in [5.41, 5.74) is 6.79. The minimum atomic E-state index is 0.185. The minimum Gasteiger partial charge on any atom is -0.360 e. The maximum absolute atomic E-state index is 6.62. The van der Waals surface area contributed by atoms with Crippen LogP contribution in [0.4, 0.5) is 5.82 Å². The molecule has 1 unspecified atom stereocenters. The number of hydrogen-bond donors (Lipinski definition) is 2. The van der Waals surface area contributed by atoms with E-state index in [0.717, 1.165) is 67.1 Å². The van der Waals surface area contributed by atoms with Crippen molar-refractivity contribution in [1.82, 2.24) is 15.3 Å². The summed E-state index contributed by atoms with van der Waals surface area (Å²) in [5, 5.41) is 8.82. The molecule has 2 N–H and O–H groups in total. The van der Waals surface area contributed by atoms with Crippen molar-refractivity contribution in [2.45, 2.75) is 62.9 Å². The lowest BCUT2D eigenvalue weighted by Crippen LogP contribution is -2.36. The second-order valence-corrected chi connectivity index (χ2v) is 10.4. The standard InChI is InChI=1S/C27H28Cl2N4/c1-2-30-22-13-17-5-3-4-6-19(17)25(22)33-27-24(16-9-10-16)31-26(23(32-27)15-7-8-15)20-12-11-18(28)14-21(20)29/h3-6,11-12,14-16,22,25,30H,2,7-10,13H2,1H3,(H,32,33)/t22-,25?/m1/s1. The van der Waals surface area contributed by atoms with Crippen LogP contribution in [0.2, 0.25) is 10.0 Å². The zero-order valence-electron chi connectivity index (χ0n) is 18.7. The first-order chi connectivity index (χ1) is 16.1. The second kappa shape index (κ2) is 8.57. The molecule has 170 valence electrons. The van der Waals surface area contributed by atoms with Crippen molar-refractivity contribution in [2.24, 2.45) is 0 Å². The molecule has 0 bridgehead atoms. The van der Waals surface area contributed by atoms with Gasteiger partial charge in [0.15, 0.2) is 0 Å². The Bertz CT molecular complexity index is 1200. The summed E-state index contributed by atoms with van der Waals surface area (Å²) >= 11 is 12.8. The van der Waals surface area contributed by atoms with Gasteiger partial charge >= 0.3 is 0 Å². The molecule has 2 atom stereocenters. The van der Waals surface area contributed by atoms with Crippen LogP contribution >= 0.6 is 23.2 Å². The minimum absolute atomic E-state index is 0.185. The molecule has 3 aliphatic rings. The smallest absolute Gasteiger partial charge is 0.148 e. The maximum atomic E-state index is 6.62. The first-order valence-corrected chi connectivity index (χ1v) is 12.8. The molecule has 0 radical (unpaired) electrons. The number of halogens is 2. The fourth-order valence-corrected chi connectivity index (χ4v) is 5.60. The molecule has 0 saturated heterocycles. The van der Waals surface area contributed by atoms with Crippen LogP contribution in [0.3, 0.4) is 0 Å². The van der Waals surface area contributed by atoms with E-state index in [9.17, 15) is 0 Å². The number of likely N-dealkylation sites (N-methyl/N-ethyl adjacent to an activating group) is 1. The highest BCUT2D eigenvalue weighted by Crippen LogP contribution is 2.49. The van der Waals surface area contributed by atoms with E-state index < -0.39 is 0 Å². The first kappa shape index (κ1) is 21.4. The highest BCUT2D eigenvalue weighted by Gasteiger charge is 2.37. The van der Waals surface area contributed by atoms with E-state index in [0.29, 0.717) is 27.9 Å². The van der Waals surface area contributed by atoms with Gasteiger partial charge in [-0.1, -0.05) is 54.4 Å². The van der Waals surface area contributed by atoms with Crippen LogP contribution in [0.25, 0.3) is 11.3 Å². The molecule has 0 aliphatic heterocycles. The fraction of sp³-hybridized carbons (Fsp3) is 0.407. The van der Waals surface area contributed by atoms with Gasteiger partial charge in [-0.2, -0.15) is 0 Å². The summed E-state index contributed by atoms with van der Waals surface area (Å²) in [5.74, 6) is 1.87. The molecule has 2 saturated carbocycles. The molecule has 3 aliphatic carbocycles. The number of aromatic nitrogens is 2. The number of nitrogens with one attached hydrogen (secondary N) is 2. The van der Waals surface area contributed by atoms with Gasteiger partial charge in [-0.3, -0.25) is 0 Å². The Morgan fingerprint density at radius 1 is 0.939 bits per heavy atom. The van der Waals surface area contributed by atoms with Crippen molar-refractivity contribution in [3.05, 3.63) is 75.0 Å². The second-order valence-electron chi connectivity index (χ2n) is 9.55. The average molecular weight is 479 g/mol. The summed E-state index contributed by atoms with van der Waals surface area (Å²) in [7, 11) is 0. The summed E-state index contributed by atoms with van der Waals surface area (Å²) in [6.45, 7) is 3.12. The summed E-state index contributed by atoms with van der Waals surface area (Å²) < 4.78 is 0. The predicted molar refractivity (Wildman–Crippen MR) is 135 cm³/mol. The Hall–Kier alpha value is -2.14. The molecule has 33 heavy (non-hydrogen) atoms. The van der Waals surface area contributed by atoms with Gasteiger partial charge in [0, 0.05) is 28.5 Å². The van der Waals surface area contributed by atoms with Gasteiger partial charge in [0.25, 0.3) is 0 Å². The molecule has 2 aromatic carbocycles. The molecule has 2 fully saturated rings. The average Bonchev–Trinajstić information content (AvgIpc) is 3.72. The predicted octanol–water partition coefficient (Wildman–Crippen LogP) is 6.89. The van der Waals surface area contributed by atoms with Gasteiger partial charge in [-0.05, 0) is 68.0 Å². The Morgan fingerprint density at radius 3 is 2.42 bits per heavy atom. The van der Waals surface area contributed by atoms with Gasteiger partial charge in [-0.15, -0.1) is 0 Å². The molecule has 3 aromatic rings. The molecule has 6 heteroatoms. The molecular formula is C27H28Cl2N4. The molecule has 1 heterocycles. The summed E-state index contributed by atoms with van der Waals surface area (Å²) in [6.07, 6.45) is 5.67. The van der Waals surface area contributed by atoms with E-state index in [1.54, 1.807) is 6.07 Å². The van der Waals surface area contributed by atoms with Crippen molar-refractivity contribution in [2.75, 3.05) is 11.9 Å². The number of fused-ring (bicyclic) bond motifs is 1. The summed E-state index contributed by atoms with van der Waals surface area (Å²) in [4.78, 5) is 10.5. The molecule has 6 rings (SSSR count). The molecule has 4 nitrogen and oxygen atoms in total. The van der Waals surface area contributed by atoms with Crippen molar-refractivity contribution < 1.29 is 0 Å². The molecule has 0 spiro atoms. The number of nitrogens with zero attached hydrogens (tertiary/aromatic N) is 2. The monoisotopic (exact) mass is 478 g/mol. The first-order valence-electron chi connectivity index (χ1n) is 12.1. The molecular weight excluding hydrogens is 451 g/mol. The van der Waals surface area contributed by atoms with Gasteiger partial charge < -0.3 is 10.6 Å². The quantitative estimate of drug-likeness (QED) is 0.387. The van der Waals surface area contributed by atoms with Crippen molar-refractivity contribution in [1.29, 1.82) is 0 Å². The van der Waals surface area contributed by atoms with E-state index in [2.05, 4.69) is 41.8 Å². The molecule has 1 aromatic heterocycles. The van der Waals surface area contributed by atoms with Crippen LogP contribution in [0.5, 0.6) is 0 Å². The van der Waals surface area contributed by atoms with Crippen molar-refractivity contribution in [3.63, 3.8) is 0 Å². The van der Waals surface area contributed by atoms with Crippen molar-refractivity contribution >= 4 is 29.0 Å². The number of hydrogen-bond acceptors (Lipinski definition) is 4. The lowest BCUT2D eigenvalue weighted by Gasteiger charge is -2.25. The number of benzene rings is 2. The zero-order valence-corrected chi connectivity index (χ0v) is 20.3. The van der Waals surface area contributed by atoms with E-state index >= 15 is 0 Å².